The quantitative estimate of drug-likeness (QED) is 0.383. The highest BCUT2D eigenvalue weighted by Gasteiger charge is 2.03. The molecule has 0 saturated heterocycles. The van der Waals surface area contributed by atoms with Crippen molar-refractivity contribution in [2.75, 3.05) is 0 Å². The zero-order valence-electron chi connectivity index (χ0n) is 2.92. The molecule has 0 aliphatic rings. The van der Waals surface area contributed by atoms with Gasteiger partial charge in [0, 0.05) is 0 Å². The molecule has 0 fully saturated rings. The molecular formula is C2HBN2O. The molecule has 6 heavy (non-hydrogen) atoms. The van der Waals surface area contributed by atoms with Gasteiger partial charge in [-0.1, -0.05) is 0 Å². The van der Waals surface area contributed by atoms with Crippen LogP contribution in [0, 0.1) is 22.5 Å². The standard InChI is InChI=1S/C2HBN2O/c4-1-3(6)2-5/h6H. The number of rotatable bonds is 0. The molecule has 0 radical (unpaired) electrons. The first kappa shape index (κ1) is 5.00. The fraction of sp³-hybridized carbons (Fsp3) is 0. The van der Waals surface area contributed by atoms with Crippen LogP contribution in [0.15, 0.2) is 0 Å². The van der Waals surface area contributed by atoms with Gasteiger partial charge >= 0.3 is 6.92 Å². The van der Waals surface area contributed by atoms with Crippen molar-refractivity contribution >= 4 is 6.92 Å². The molecule has 28 valence electrons. The molecule has 0 aliphatic carbocycles. The third-order valence-corrected chi connectivity index (χ3v) is 0.245. The third-order valence-electron chi connectivity index (χ3n) is 0.245. The first-order valence-corrected chi connectivity index (χ1v) is 1.28. The van der Waals surface area contributed by atoms with Crippen LogP contribution in [0.1, 0.15) is 0 Å². The highest BCUT2D eigenvalue weighted by atomic mass is 16.2. The van der Waals surface area contributed by atoms with E-state index in [1.54, 1.807) is 0 Å². The van der Waals surface area contributed by atoms with Crippen LogP contribution in [-0.4, -0.2) is 11.9 Å². The van der Waals surface area contributed by atoms with Crippen LogP contribution in [0.3, 0.4) is 0 Å². The summed E-state index contributed by atoms with van der Waals surface area (Å²) in [6.07, 6.45) is 0. The van der Waals surface area contributed by atoms with E-state index in [0.717, 1.165) is 0 Å². The van der Waals surface area contributed by atoms with E-state index in [4.69, 9.17) is 15.5 Å². The van der Waals surface area contributed by atoms with E-state index in [2.05, 4.69) is 0 Å². The van der Waals surface area contributed by atoms with Gasteiger partial charge in [0.25, 0.3) is 0 Å². The van der Waals surface area contributed by atoms with Crippen LogP contribution in [0.4, 0.5) is 0 Å². The van der Waals surface area contributed by atoms with E-state index in [1.165, 1.54) is 11.9 Å². The molecular weight excluding hydrogens is 78.8 g/mol. The van der Waals surface area contributed by atoms with Crippen molar-refractivity contribution in [3.8, 4) is 11.9 Å². The van der Waals surface area contributed by atoms with Crippen LogP contribution in [0.25, 0.3) is 0 Å². The maximum atomic E-state index is 7.94. The zero-order valence-corrected chi connectivity index (χ0v) is 2.92. The van der Waals surface area contributed by atoms with Crippen molar-refractivity contribution in [2.24, 2.45) is 0 Å². The summed E-state index contributed by atoms with van der Waals surface area (Å²) in [5.41, 5.74) is 0. The minimum Gasteiger partial charge on any atom is -0.427 e. The Morgan fingerprint density at radius 1 is 1.33 bits per heavy atom. The van der Waals surface area contributed by atoms with Crippen LogP contribution < -0.4 is 0 Å². The summed E-state index contributed by atoms with van der Waals surface area (Å²) in [6, 6.07) is 0. The molecule has 0 bridgehead atoms. The van der Waals surface area contributed by atoms with Gasteiger partial charge in [-0.15, -0.1) is 0 Å². The molecule has 0 aromatic carbocycles. The van der Waals surface area contributed by atoms with Gasteiger partial charge in [0.1, 0.15) is 0 Å². The summed E-state index contributed by atoms with van der Waals surface area (Å²) in [5, 5.41) is 23.2. The lowest BCUT2D eigenvalue weighted by Gasteiger charge is -1.65. The summed E-state index contributed by atoms with van der Waals surface area (Å²) in [7, 11) is 0. The lowest BCUT2D eigenvalue weighted by Crippen LogP contribution is -2.03. The summed E-state index contributed by atoms with van der Waals surface area (Å²) >= 11 is 0. The third kappa shape index (κ3) is 1.34. The predicted octanol–water partition coefficient (Wildman–Crippen LogP) is -0.904. The normalized spacial score (nSPS) is 5.17. The largest absolute Gasteiger partial charge is 0.526 e. The van der Waals surface area contributed by atoms with Gasteiger partial charge in [-0.2, -0.15) is 0 Å². The highest BCUT2D eigenvalue weighted by molar-refractivity contribution is 6.66. The average molecular weight is 79.9 g/mol. The zero-order chi connectivity index (χ0) is 4.99. The van der Waals surface area contributed by atoms with E-state index < -0.39 is 6.92 Å². The lowest BCUT2D eigenvalue weighted by atomic mass is 9.74. The van der Waals surface area contributed by atoms with Gasteiger partial charge in [0.05, 0.1) is 11.9 Å². The molecule has 0 rings (SSSR count). The second kappa shape index (κ2) is 2.25. The van der Waals surface area contributed by atoms with Crippen LogP contribution in [0.5, 0.6) is 0 Å². The number of nitrogens with zero attached hydrogens (tertiary/aromatic N) is 2. The fourth-order valence-electron chi connectivity index (χ4n) is 0.0289. The molecule has 0 aromatic rings. The van der Waals surface area contributed by atoms with E-state index in [1.807, 2.05) is 0 Å². The summed E-state index contributed by atoms with van der Waals surface area (Å²) in [5.74, 6) is 2.62. The number of nitriles is 2. The Labute approximate surface area is 35.5 Å². The molecule has 0 spiro atoms. The number of hydrogen-bond acceptors (Lipinski definition) is 3. The van der Waals surface area contributed by atoms with E-state index in [9.17, 15) is 0 Å². The van der Waals surface area contributed by atoms with Gasteiger partial charge in [-0.05, 0) is 0 Å². The Hall–Kier alpha value is -0.995. The smallest absolute Gasteiger partial charge is 0.427 e. The van der Waals surface area contributed by atoms with Gasteiger partial charge in [-0.25, -0.2) is 10.5 Å². The van der Waals surface area contributed by atoms with Gasteiger partial charge in [0.15, 0.2) is 0 Å². The SMILES string of the molecule is N#CB(O)C#N. The highest BCUT2D eigenvalue weighted by Crippen LogP contribution is 1.60. The maximum absolute atomic E-state index is 7.94. The summed E-state index contributed by atoms with van der Waals surface area (Å²) < 4.78 is 0. The molecule has 4 heteroatoms. The van der Waals surface area contributed by atoms with Gasteiger partial charge in [0.2, 0.25) is 0 Å². The second-order valence-electron chi connectivity index (χ2n) is 0.661. The maximum Gasteiger partial charge on any atom is 0.526 e. The Morgan fingerprint density at radius 3 is 1.67 bits per heavy atom. The van der Waals surface area contributed by atoms with E-state index in [0.29, 0.717) is 0 Å². The Kier molecular flexibility index (Phi) is 1.88. The van der Waals surface area contributed by atoms with Crippen molar-refractivity contribution in [3.63, 3.8) is 0 Å². The first-order chi connectivity index (χ1) is 2.81. The molecule has 0 saturated carbocycles. The Balaban J connectivity index is 3.40. The van der Waals surface area contributed by atoms with Crippen molar-refractivity contribution in [1.29, 1.82) is 10.5 Å². The Bertz CT molecular complexity index is 95.7. The molecule has 3 nitrogen and oxygen atoms in total. The summed E-state index contributed by atoms with van der Waals surface area (Å²) in [6.45, 7) is -1.45. The molecule has 1 N–H and O–H groups in total. The molecule has 0 atom stereocenters. The molecule has 0 unspecified atom stereocenters. The minimum atomic E-state index is -1.45. The van der Waals surface area contributed by atoms with Gasteiger partial charge < -0.3 is 5.02 Å². The Morgan fingerprint density at radius 2 is 1.67 bits per heavy atom. The molecule has 0 aromatic heterocycles. The van der Waals surface area contributed by atoms with Gasteiger partial charge in [-0.3, -0.25) is 0 Å². The van der Waals surface area contributed by atoms with E-state index >= 15 is 0 Å². The van der Waals surface area contributed by atoms with Crippen molar-refractivity contribution in [1.82, 2.24) is 0 Å². The monoisotopic (exact) mass is 80.0 g/mol. The van der Waals surface area contributed by atoms with Crippen LogP contribution in [0.2, 0.25) is 0 Å². The van der Waals surface area contributed by atoms with Crippen molar-refractivity contribution < 1.29 is 5.02 Å². The predicted molar refractivity (Wildman–Crippen MR) is 19.2 cm³/mol. The summed E-state index contributed by atoms with van der Waals surface area (Å²) in [4.78, 5) is 0. The van der Waals surface area contributed by atoms with Crippen LogP contribution >= 0.6 is 0 Å². The fourth-order valence-corrected chi connectivity index (χ4v) is 0.0289. The average Bonchev–Trinajstić information content (AvgIpc) is 1.65. The topological polar surface area (TPSA) is 67.8 Å². The van der Waals surface area contributed by atoms with E-state index in [-0.39, 0.29) is 0 Å². The molecule has 0 aliphatic heterocycles. The minimum absolute atomic E-state index is 1.31. The number of hydrogen-bond donors (Lipinski definition) is 1. The second-order valence-corrected chi connectivity index (χ2v) is 0.661. The van der Waals surface area contributed by atoms with Crippen molar-refractivity contribution in [3.05, 3.63) is 0 Å². The molecule has 0 amide bonds. The van der Waals surface area contributed by atoms with Crippen LogP contribution in [-0.2, 0) is 0 Å². The molecule has 0 heterocycles. The van der Waals surface area contributed by atoms with Crippen molar-refractivity contribution in [2.45, 2.75) is 0 Å². The lowest BCUT2D eigenvalue weighted by molar-refractivity contribution is 0.601. The first-order valence-electron chi connectivity index (χ1n) is 1.28.